The summed E-state index contributed by atoms with van der Waals surface area (Å²) in [5.74, 6) is 0.522. The van der Waals surface area contributed by atoms with Crippen LogP contribution in [0, 0.1) is 11.3 Å². The summed E-state index contributed by atoms with van der Waals surface area (Å²) in [6.07, 6.45) is 11.9. The molecule has 1 heteroatoms. The molecule has 2 atom stereocenters. The highest BCUT2D eigenvalue weighted by molar-refractivity contribution is 5.12. The van der Waals surface area contributed by atoms with Crippen molar-refractivity contribution in [1.29, 1.82) is 0 Å². The molecule has 1 nitrogen and oxygen atoms in total. The Hall–Kier alpha value is -0.560. The molecule has 2 rings (SSSR count). The Morgan fingerprint density at radius 3 is 2.50 bits per heavy atom. The fourth-order valence-corrected chi connectivity index (χ4v) is 2.62. The molecule has 0 N–H and O–H groups in total. The second kappa shape index (κ2) is 5.61. The van der Waals surface area contributed by atoms with Crippen LogP contribution in [0.15, 0.2) is 23.3 Å². The summed E-state index contributed by atoms with van der Waals surface area (Å²) >= 11 is 0. The van der Waals surface area contributed by atoms with Crippen molar-refractivity contribution in [2.75, 3.05) is 6.61 Å². The Labute approximate surface area is 112 Å². The molecule has 1 fully saturated rings. The van der Waals surface area contributed by atoms with Gasteiger partial charge in [-0.1, -0.05) is 24.6 Å². The lowest BCUT2D eigenvalue weighted by Gasteiger charge is -2.21. The molecule has 1 aliphatic carbocycles. The monoisotopic (exact) mass is 248 g/mol. The van der Waals surface area contributed by atoms with Gasteiger partial charge in [-0.05, 0) is 69.8 Å². The largest absolute Gasteiger partial charge is 0.374 e. The van der Waals surface area contributed by atoms with E-state index in [2.05, 4.69) is 39.8 Å². The summed E-state index contributed by atoms with van der Waals surface area (Å²) in [7, 11) is 0. The van der Waals surface area contributed by atoms with E-state index in [0.29, 0.717) is 17.4 Å². The molecule has 2 aliphatic rings. The zero-order chi connectivity index (χ0) is 13.2. The molecular weight excluding hydrogens is 220 g/mol. The van der Waals surface area contributed by atoms with Gasteiger partial charge < -0.3 is 4.74 Å². The first kappa shape index (κ1) is 13.9. The number of hydrogen-bond acceptors (Lipinski definition) is 1. The van der Waals surface area contributed by atoms with Crippen LogP contribution in [-0.2, 0) is 4.74 Å². The number of rotatable bonds is 0. The highest BCUT2D eigenvalue weighted by atomic mass is 16.5. The molecule has 18 heavy (non-hydrogen) atoms. The van der Waals surface area contributed by atoms with Crippen LogP contribution in [0.4, 0.5) is 0 Å². The Kier molecular flexibility index (Phi) is 4.32. The van der Waals surface area contributed by atoms with Crippen LogP contribution >= 0.6 is 0 Å². The summed E-state index contributed by atoms with van der Waals surface area (Å²) in [4.78, 5) is 0. The summed E-state index contributed by atoms with van der Waals surface area (Å²) in [5.41, 5.74) is 3.64. The van der Waals surface area contributed by atoms with E-state index in [9.17, 15) is 0 Å². The lowest BCUT2D eigenvalue weighted by molar-refractivity contribution is 0.0580. The third-order valence-corrected chi connectivity index (χ3v) is 5.01. The molecule has 0 aromatic rings. The lowest BCUT2D eigenvalue weighted by Crippen LogP contribution is -2.18. The zero-order valence-corrected chi connectivity index (χ0v) is 12.5. The molecule has 102 valence electrons. The molecule has 0 amide bonds. The van der Waals surface area contributed by atoms with E-state index in [1.54, 1.807) is 5.57 Å². The molecule has 1 saturated carbocycles. The number of allylic oxidation sites excluding steroid dienone is 2. The van der Waals surface area contributed by atoms with Crippen molar-refractivity contribution in [3.63, 3.8) is 0 Å². The Bertz CT molecular complexity index is 347. The minimum atomic E-state index is 0.318. The average molecular weight is 248 g/mol. The summed E-state index contributed by atoms with van der Waals surface area (Å²) < 4.78 is 5.97. The summed E-state index contributed by atoms with van der Waals surface area (Å²) in [6, 6.07) is 0. The van der Waals surface area contributed by atoms with Crippen molar-refractivity contribution >= 4 is 0 Å². The van der Waals surface area contributed by atoms with Gasteiger partial charge in [0.2, 0.25) is 0 Å². The molecule has 0 radical (unpaired) electrons. The van der Waals surface area contributed by atoms with Crippen molar-refractivity contribution in [3.8, 4) is 0 Å². The van der Waals surface area contributed by atoms with Gasteiger partial charge in [-0.15, -0.1) is 0 Å². The Morgan fingerprint density at radius 1 is 1.11 bits per heavy atom. The number of ether oxygens (including phenoxy) is 1. The first-order valence-corrected chi connectivity index (χ1v) is 7.46. The van der Waals surface area contributed by atoms with Gasteiger partial charge in [-0.25, -0.2) is 0 Å². The van der Waals surface area contributed by atoms with Gasteiger partial charge in [0.05, 0.1) is 12.7 Å². The molecular formula is C17H28O. The van der Waals surface area contributed by atoms with Crippen molar-refractivity contribution in [3.05, 3.63) is 23.3 Å². The van der Waals surface area contributed by atoms with Gasteiger partial charge in [0.1, 0.15) is 0 Å². The van der Waals surface area contributed by atoms with Crippen molar-refractivity contribution in [2.24, 2.45) is 11.3 Å². The van der Waals surface area contributed by atoms with Crippen LogP contribution in [-0.4, -0.2) is 12.7 Å². The van der Waals surface area contributed by atoms with E-state index in [1.165, 1.54) is 37.7 Å². The minimum Gasteiger partial charge on any atom is -0.374 e. The number of hydrogen-bond donors (Lipinski definition) is 0. The molecule has 0 bridgehead atoms. The van der Waals surface area contributed by atoms with Crippen LogP contribution in [0.3, 0.4) is 0 Å². The fraction of sp³-hybridized carbons (Fsp3) is 0.765. The summed E-state index contributed by atoms with van der Waals surface area (Å²) in [5, 5.41) is 0. The van der Waals surface area contributed by atoms with Gasteiger partial charge in [0.25, 0.3) is 0 Å². The van der Waals surface area contributed by atoms with E-state index in [1.807, 2.05) is 0 Å². The van der Waals surface area contributed by atoms with E-state index < -0.39 is 0 Å². The predicted octanol–water partition coefficient (Wildman–Crippen LogP) is 4.88. The standard InChI is InChI=1S/C17H28O/c1-13-7-9-17(10-11-17)8-5-6-14(2)16(4)18-12-15(13)3/h5-6,14,16H,7-12H2,1-4H3/b6-5+,15-13-. The lowest BCUT2D eigenvalue weighted by atomic mass is 9.91. The molecule has 0 saturated heterocycles. The second-order valence-corrected chi connectivity index (χ2v) is 6.57. The first-order chi connectivity index (χ1) is 8.52. The zero-order valence-electron chi connectivity index (χ0n) is 12.5. The molecule has 2 unspecified atom stereocenters. The Morgan fingerprint density at radius 2 is 1.83 bits per heavy atom. The predicted molar refractivity (Wildman–Crippen MR) is 77.6 cm³/mol. The highest BCUT2D eigenvalue weighted by Gasteiger charge is 2.40. The molecule has 1 heterocycles. The van der Waals surface area contributed by atoms with Gasteiger partial charge in [-0.2, -0.15) is 0 Å². The van der Waals surface area contributed by atoms with Crippen molar-refractivity contribution in [1.82, 2.24) is 0 Å². The van der Waals surface area contributed by atoms with Crippen molar-refractivity contribution < 1.29 is 4.74 Å². The Balaban J connectivity index is 2.08. The molecule has 1 spiro atoms. The SMILES string of the molecule is C/C1=C(\C)COC(C)C(C)/C=C/CC2(CC1)CC2. The maximum atomic E-state index is 5.97. The van der Waals surface area contributed by atoms with E-state index >= 15 is 0 Å². The van der Waals surface area contributed by atoms with E-state index in [0.717, 1.165) is 6.61 Å². The quantitative estimate of drug-likeness (QED) is 0.555. The van der Waals surface area contributed by atoms with Crippen molar-refractivity contribution in [2.45, 2.75) is 65.9 Å². The second-order valence-electron chi connectivity index (χ2n) is 6.57. The minimum absolute atomic E-state index is 0.318. The van der Waals surface area contributed by atoms with Crippen LogP contribution in [0.1, 0.15) is 59.8 Å². The smallest absolute Gasteiger partial charge is 0.0680 e. The van der Waals surface area contributed by atoms with Gasteiger partial charge in [-0.3, -0.25) is 0 Å². The maximum Gasteiger partial charge on any atom is 0.0680 e. The van der Waals surface area contributed by atoms with Gasteiger partial charge in [0, 0.05) is 0 Å². The molecule has 0 aromatic carbocycles. The highest BCUT2D eigenvalue weighted by Crippen LogP contribution is 2.53. The average Bonchev–Trinajstić information content (AvgIpc) is 3.12. The maximum absolute atomic E-state index is 5.97. The first-order valence-electron chi connectivity index (χ1n) is 7.46. The topological polar surface area (TPSA) is 9.23 Å². The molecule has 0 aromatic heterocycles. The van der Waals surface area contributed by atoms with Crippen LogP contribution in [0.25, 0.3) is 0 Å². The van der Waals surface area contributed by atoms with E-state index in [4.69, 9.17) is 4.74 Å². The fourth-order valence-electron chi connectivity index (χ4n) is 2.62. The van der Waals surface area contributed by atoms with E-state index in [-0.39, 0.29) is 0 Å². The van der Waals surface area contributed by atoms with Gasteiger partial charge in [0.15, 0.2) is 0 Å². The normalized spacial score (nSPS) is 38.9. The van der Waals surface area contributed by atoms with Crippen LogP contribution in [0.5, 0.6) is 0 Å². The summed E-state index contributed by atoms with van der Waals surface area (Å²) in [6.45, 7) is 9.77. The van der Waals surface area contributed by atoms with Crippen LogP contribution < -0.4 is 0 Å². The third kappa shape index (κ3) is 3.47. The molecule has 1 aliphatic heterocycles. The van der Waals surface area contributed by atoms with Gasteiger partial charge >= 0.3 is 0 Å². The van der Waals surface area contributed by atoms with Crippen LogP contribution in [0.2, 0.25) is 0 Å². The third-order valence-electron chi connectivity index (χ3n) is 5.01.